The predicted molar refractivity (Wildman–Crippen MR) is 76.1 cm³/mol. The van der Waals surface area contributed by atoms with E-state index in [9.17, 15) is 0 Å². The summed E-state index contributed by atoms with van der Waals surface area (Å²) in [6, 6.07) is 0.331. The van der Waals surface area contributed by atoms with Crippen LogP contribution in [0, 0.1) is 6.92 Å². The summed E-state index contributed by atoms with van der Waals surface area (Å²) in [6.45, 7) is 5.99. The molecule has 6 heteroatoms. The highest BCUT2D eigenvalue weighted by atomic mass is 32.1. The van der Waals surface area contributed by atoms with Crippen molar-refractivity contribution in [3.63, 3.8) is 0 Å². The number of hydrogen-bond acceptors (Lipinski definition) is 5. The van der Waals surface area contributed by atoms with Gasteiger partial charge in [0.2, 0.25) is 0 Å². The summed E-state index contributed by atoms with van der Waals surface area (Å²) in [7, 11) is 2.06. The molecule has 1 atom stereocenters. The van der Waals surface area contributed by atoms with Gasteiger partial charge in [-0.05, 0) is 6.92 Å². The van der Waals surface area contributed by atoms with Crippen LogP contribution in [0.25, 0.3) is 0 Å². The van der Waals surface area contributed by atoms with E-state index in [1.807, 2.05) is 19.3 Å². The van der Waals surface area contributed by atoms with Gasteiger partial charge < -0.3 is 9.88 Å². The van der Waals surface area contributed by atoms with Gasteiger partial charge in [0.15, 0.2) is 0 Å². The highest BCUT2D eigenvalue weighted by Gasteiger charge is 2.27. The summed E-state index contributed by atoms with van der Waals surface area (Å²) < 4.78 is 2.11. The molecule has 19 heavy (non-hydrogen) atoms. The molecule has 2 aromatic rings. The molecule has 1 aliphatic heterocycles. The SMILES string of the molecule is Cc1csc(CN2CCNCC2c2nccn2C)n1. The van der Waals surface area contributed by atoms with E-state index in [-0.39, 0.29) is 0 Å². The number of piperazine rings is 1. The average Bonchev–Trinajstić information content (AvgIpc) is 2.99. The number of imidazole rings is 1. The van der Waals surface area contributed by atoms with Crippen molar-refractivity contribution in [3.8, 4) is 0 Å². The zero-order valence-corrected chi connectivity index (χ0v) is 12.2. The standard InChI is InChI=1S/C13H19N5S/c1-10-9-19-12(16-10)8-18-6-3-14-7-11(18)13-15-4-5-17(13)2/h4-5,9,11,14H,3,6-8H2,1-2H3. The van der Waals surface area contributed by atoms with Crippen LogP contribution in [0.1, 0.15) is 22.6 Å². The lowest BCUT2D eigenvalue weighted by Gasteiger charge is -2.35. The van der Waals surface area contributed by atoms with Crippen molar-refractivity contribution in [2.24, 2.45) is 7.05 Å². The second kappa shape index (κ2) is 5.40. The van der Waals surface area contributed by atoms with Crippen LogP contribution in [-0.4, -0.2) is 39.1 Å². The molecule has 0 amide bonds. The van der Waals surface area contributed by atoms with Gasteiger partial charge in [-0.3, -0.25) is 4.90 Å². The Balaban J connectivity index is 1.79. The first-order valence-corrected chi connectivity index (χ1v) is 7.45. The Kier molecular flexibility index (Phi) is 3.63. The maximum Gasteiger partial charge on any atom is 0.127 e. The van der Waals surface area contributed by atoms with Gasteiger partial charge in [0.05, 0.1) is 12.6 Å². The first-order valence-electron chi connectivity index (χ1n) is 6.57. The Hall–Kier alpha value is -1.24. The van der Waals surface area contributed by atoms with E-state index in [0.29, 0.717) is 6.04 Å². The van der Waals surface area contributed by atoms with Crippen molar-refractivity contribution in [1.82, 2.24) is 24.8 Å². The minimum absolute atomic E-state index is 0.331. The van der Waals surface area contributed by atoms with Gasteiger partial charge in [0.1, 0.15) is 10.8 Å². The fourth-order valence-electron chi connectivity index (χ4n) is 2.54. The van der Waals surface area contributed by atoms with Gasteiger partial charge in [0, 0.05) is 50.1 Å². The molecule has 0 spiro atoms. The maximum absolute atomic E-state index is 4.57. The fraction of sp³-hybridized carbons (Fsp3) is 0.538. The highest BCUT2D eigenvalue weighted by molar-refractivity contribution is 7.09. The summed E-state index contributed by atoms with van der Waals surface area (Å²) in [6.07, 6.45) is 3.88. The molecule has 3 heterocycles. The lowest BCUT2D eigenvalue weighted by molar-refractivity contribution is 0.144. The van der Waals surface area contributed by atoms with Crippen LogP contribution >= 0.6 is 11.3 Å². The van der Waals surface area contributed by atoms with Crippen LogP contribution in [-0.2, 0) is 13.6 Å². The van der Waals surface area contributed by atoms with Crippen LogP contribution in [0.5, 0.6) is 0 Å². The first kappa shape index (κ1) is 12.8. The third-order valence-corrected chi connectivity index (χ3v) is 4.47. The van der Waals surface area contributed by atoms with Gasteiger partial charge in [-0.2, -0.15) is 0 Å². The van der Waals surface area contributed by atoms with Crippen molar-refractivity contribution in [2.75, 3.05) is 19.6 Å². The molecule has 1 aliphatic rings. The number of nitrogens with one attached hydrogen (secondary N) is 1. The minimum Gasteiger partial charge on any atom is -0.337 e. The van der Waals surface area contributed by atoms with E-state index in [0.717, 1.165) is 37.7 Å². The summed E-state index contributed by atoms with van der Waals surface area (Å²) in [5.41, 5.74) is 1.11. The van der Waals surface area contributed by atoms with E-state index in [4.69, 9.17) is 0 Å². The number of aromatic nitrogens is 3. The zero-order chi connectivity index (χ0) is 13.2. The minimum atomic E-state index is 0.331. The monoisotopic (exact) mass is 277 g/mol. The molecule has 0 aromatic carbocycles. The van der Waals surface area contributed by atoms with Crippen molar-refractivity contribution < 1.29 is 0 Å². The third kappa shape index (κ3) is 2.70. The lowest BCUT2D eigenvalue weighted by Crippen LogP contribution is -2.46. The van der Waals surface area contributed by atoms with E-state index in [1.165, 1.54) is 5.01 Å². The van der Waals surface area contributed by atoms with E-state index in [1.54, 1.807) is 11.3 Å². The second-order valence-electron chi connectivity index (χ2n) is 4.97. The van der Waals surface area contributed by atoms with Crippen LogP contribution in [0.4, 0.5) is 0 Å². The van der Waals surface area contributed by atoms with Gasteiger partial charge in [-0.15, -0.1) is 11.3 Å². The van der Waals surface area contributed by atoms with Crippen LogP contribution < -0.4 is 5.32 Å². The van der Waals surface area contributed by atoms with Crippen molar-refractivity contribution in [1.29, 1.82) is 0 Å². The fourth-order valence-corrected chi connectivity index (χ4v) is 3.33. The molecule has 2 aromatic heterocycles. The Morgan fingerprint density at radius 2 is 2.42 bits per heavy atom. The summed E-state index contributed by atoms with van der Waals surface area (Å²) >= 11 is 1.75. The predicted octanol–water partition coefficient (Wildman–Crippen LogP) is 1.33. The average molecular weight is 277 g/mol. The summed E-state index contributed by atoms with van der Waals surface area (Å²) in [4.78, 5) is 11.5. The van der Waals surface area contributed by atoms with Crippen molar-refractivity contribution >= 4 is 11.3 Å². The molecular weight excluding hydrogens is 258 g/mol. The highest BCUT2D eigenvalue weighted by Crippen LogP contribution is 2.23. The molecule has 0 bridgehead atoms. The Morgan fingerprint density at radius 3 is 3.11 bits per heavy atom. The molecule has 1 fully saturated rings. The van der Waals surface area contributed by atoms with Crippen LogP contribution in [0.3, 0.4) is 0 Å². The number of rotatable bonds is 3. The summed E-state index contributed by atoms with van der Waals surface area (Å²) in [5.74, 6) is 1.13. The van der Waals surface area contributed by atoms with E-state index in [2.05, 4.69) is 37.2 Å². The molecule has 102 valence electrons. The molecule has 0 radical (unpaired) electrons. The quantitative estimate of drug-likeness (QED) is 0.919. The number of aryl methyl sites for hydroxylation is 2. The van der Waals surface area contributed by atoms with Crippen molar-refractivity contribution in [2.45, 2.75) is 19.5 Å². The molecule has 1 N–H and O–H groups in total. The van der Waals surface area contributed by atoms with Gasteiger partial charge in [-0.25, -0.2) is 9.97 Å². The Bertz CT molecular complexity index is 547. The number of nitrogens with zero attached hydrogens (tertiary/aromatic N) is 4. The van der Waals surface area contributed by atoms with E-state index < -0.39 is 0 Å². The lowest BCUT2D eigenvalue weighted by atomic mass is 10.2. The largest absolute Gasteiger partial charge is 0.337 e. The van der Waals surface area contributed by atoms with E-state index >= 15 is 0 Å². The molecule has 5 nitrogen and oxygen atoms in total. The Morgan fingerprint density at radius 1 is 1.53 bits per heavy atom. The summed E-state index contributed by atoms with van der Waals surface area (Å²) in [5, 5.41) is 6.77. The first-order chi connectivity index (χ1) is 9.24. The van der Waals surface area contributed by atoms with Gasteiger partial charge >= 0.3 is 0 Å². The van der Waals surface area contributed by atoms with Crippen LogP contribution in [0.2, 0.25) is 0 Å². The van der Waals surface area contributed by atoms with Crippen LogP contribution in [0.15, 0.2) is 17.8 Å². The number of thiazole rings is 1. The smallest absolute Gasteiger partial charge is 0.127 e. The number of hydrogen-bond donors (Lipinski definition) is 1. The van der Waals surface area contributed by atoms with Gasteiger partial charge in [-0.1, -0.05) is 0 Å². The maximum atomic E-state index is 4.57. The Labute approximate surface area is 117 Å². The van der Waals surface area contributed by atoms with Gasteiger partial charge in [0.25, 0.3) is 0 Å². The molecular formula is C13H19N5S. The molecule has 1 saturated heterocycles. The molecule has 0 saturated carbocycles. The molecule has 3 rings (SSSR count). The third-order valence-electron chi connectivity index (χ3n) is 3.52. The molecule has 1 unspecified atom stereocenters. The normalized spacial score (nSPS) is 20.8. The topological polar surface area (TPSA) is 46.0 Å². The second-order valence-corrected chi connectivity index (χ2v) is 5.91. The molecule has 0 aliphatic carbocycles. The van der Waals surface area contributed by atoms with Crippen molar-refractivity contribution in [3.05, 3.63) is 34.3 Å². The zero-order valence-electron chi connectivity index (χ0n) is 11.3.